The minimum atomic E-state index is 0.0333. The minimum absolute atomic E-state index is 0.0333. The second-order valence-electron chi connectivity index (χ2n) is 8.05. The van der Waals surface area contributed by atoms with E-state index in [4.69, 9.17) is 9.72 Å². The van der Waals surface area contributed by atoms with Gasteiger partial charge >= 0.3 is 0 Å². The number of nitrogens with zero attached hydrogens (tertiary/aromatic N) is 5. The lowest BCUT2D eigenvalue weighted by Gasteiger charge is -2.34. The summed E-state index contributed by atoms with van der Waals surface area (Å²) in [7, 11) is 0. The van der Waals surface area contributed by atoms with Crippen molar-refractivity contribution in [2.45, 2.75) is 37.8 Å². The number of hydrogen-bond donors (Lipinski definition) is 1. The first-order valence-corrected chi connectivity index (χ1v) is 10.7. The monoisotopic (exact) mass is 405 g/mol. The van der Waals surface area contributed by atoms with Crippen LogP contribution in [0.3, 0.4) is 0 Å². The van der Waals surface area contributed by atoms with Gasteiger partial charge in [-0.2, -0.15) is 0 Å². The van der Waals surface area contributed by atoms with Crippen LogP contribution in [0.5, 0.6) is 5.88 Å². The average Bonchev–Trinajstić information content (AvgIpc) is 3.27. The van der Waals surface area contributed by atoms with Gasteiger partial charge in [0.15, 0.2) is 0 Å². The first-order valence-electron chi connectivity index (χ1n) is 10.7. The van der Waals surface area contributed by atoms with Crippen LogP contribution in [-0.4, -0.2) is 57.4 Å². The highest BCUT2D eigenvalue weighted by molar-refractivity contribution is 5.80. The molecule has 2 fully saturated rings. The molecule has 2 aliphatic heterocycles. The van der Waals surface area contributed by atoms with Crippen molar-refractivity contribution in [3.8, 4) is 5.88 Å². The Morgan fingerprint density at radius 1 is 1.00 bits per heavy atom. The number of aromatic nitrogens is 3. The second kappa shape index (κ2) is 8.53. The quantitative estimate of drug-likeness (QED) is 0.699. The standard InChI is InChI=1S/C23H27N5O2/c29-16-28-13-4-3-7-20(28)22-23(25-12-11-24-22)30-18-10-14-27(15-18)21-9-8-17-5-1-2-6-19(17)26-21/h1-2,5-6,8-9,11-12,18,20,29H,3-4,7,10,13-16H2/t18-,20?/m1/s1. The van der Waals surface area contributed by atoms with Crippen LogP contribution in [-0.2, 0) is 0 Å². The fourth-order valence-electron chi connectivity index (χ4n) is 4.55. The van der Waals surface area contributed by atoms with Crippen molar-refractivity contribution in [1.82, 2.24) is 19.9 Å². The third kappa shape index (κ3) is 3.82. The van der Waals surface area contributed by atoms with Gasteiger partial charge in [-0.3, -0.25) is 9.88 Å². The van der Waals surface area contributed by atoms with E-state index in [-0.39, 0.29) is 18.9 Å². The van der Waals surface area contributed by atoms with E-state index in [1.807, 2.05) is 18.2 Å². The summed E-state index contributed by atoms with van der Waals surface area (Å²) in [6, 6.07) is 12.5. The summed E-state index contributed by atoms with van der Waals surface area (Å²) in [6.45, 7) is 2.58. The number of pyridine rings is 1. The molecule has 2 saturated heterocycles. The van der Waals surface area contributed by atoms with Gasteiger partial charge in [0, 0.05) is 37.3 Å². The number of hydrogen-bond acceptors (Lipinski definition) is 7. The average molecular weight is 406 g/mol. The van der Waals surface area contributed by atoms with Gasteiger partial charge in [0.05, 0.1) is 24.8 Å². The van der Waals surface area contributed by atoms with Crippen LogP contribution in [0.1, 0.15) is 37.4 Å². The molecule has 0 aliphatic carbocycles. The fourth-order valence-corrected chi connectivity index (χ4v) is 4.55. The Bertz CT molecular complexity index is 1010. The molecule has 1 unspecified atom stereocenters. The first kappa shape index (κ1) is 19.2. The number of anilines is 1. The second-order valence-corrected chi connectivity index (χ2v) is 8.05. The molecular weight excluding hydrogens is 378 g/mol. The van der Waals surface area contributed by atoms with Gasteiger partial charge in [0.1, 0.15) is 17.6 Å². The highest BCUT2D eigenvalue weighted by Crippen LogP contribution is 2.34. The molecule has 1 N–H and O–H groups in total. The highest BCUT2D eigenvalue weighted by Gasteiger charge is 2.31. The Morgan fingerprint density at radius 2 is 1.90 bits per heavy atom. The summed E-state index contributed by atoms with van der Waals surface area (Å²) >= 11 is 0. The van der Waals surface area contributed by atoms with Crippen molar-refractivity contribution in [3.05, 3.63) is 54.5 Å². The lowest BCUT2D eigenvalue weighted by atomic mass is 10.00. The minimum Gasteiger partial charge on any atom is -0.471 e. The molecule has 4 heterocycles. The number of likely N-dealkylation sites (tertiary alicyclic amines) is 1. The van der Waals surface area contributed by atoms with Crippen molar-refractivity contribution in [3.63, 3.8) is 0 Å². The molecule has 2 atom stereocenters. The van der Waals surface area contributed by atoms with E-state index in [1.54, 1.807) is 12.4 Å². The van der Waals surface area contributed by atoms with E-state index < -0.39 is 0 Å². The van der Waals surface area contributed by atoms with Crippen molar-refractivity contribution < 1.29 is 9.84 Å². The Hall–Kier alpha value is -2.77. The lowest BCUT2D eigenvalue weighted by Crippen LogP contribution is -2.35. The molecule has 0 bridgehead atoms. The predicted molar refractivity (Wildman–Crippen MR) is 115 cm³/mol. The van der Waals surface area contributed by atoms with Gasteiger partial charge in [0.25, 0.3) is 0 Å². The topological polar surface area (TPSA) is 74.6 Å². The normalized spacial score (nSPS) is 22.5. The van der Waals surface area contributed by atoms with Gasteiger partial charge in [0.2, 0.25) is 5.88 Å². The molecule has 5 rings (SSSR count). The fraction of sp³-hybridized carbons (Fsp3) is 0.435. The van der Waals surface area contributed by atoms with E-state index in [1.165, 1.54) is 0 Å². The zero-order chi connectivity index (χ0) is 20.3. The Kier molecular flexibility index (Phi) is 5.46. The van der Waals surface area contributed by atoms with Crippen molar-refractivity contribution in [1.29, 1.82) is 0 Å². The summed E-state index contributed by atoms with van der Waals surface area (Å²) in [5.74, 6) is 1.58. The van der Waals surface area contributed by atoms with Crippen LogP contribution in [0.15, 0.2) is 48.8 Å². The Morgan fingerprint density at radius 3 is 2.83 bits per heavy atom. The molecule has 0 radical (unpaired) electrons. The smallest absolute Gasteiger partial charge is 0.237 e. The van der Waals surface area contributed by atoms with Crippen LogP contribution in [0.2, 0.25) is 0 Å². The molecule has 7 nitrogen and oxygen atoms in total. The number of ether oxygens (including phenoxy) is 1. The van der Waals surface area contributed by atoms with Gasteiger partial charge in [-0.1, -0.05) is 24.6 Å². The summed E-state index contributed by atoms with van der Waals surface area (Å²) < 4.78 is 6.34. The third-order valence-electron chi connectivity index (χ3n) is 6.13. The molecule has 30 heavy (non-hydrogen) atoms. The third-order valence-corrected chi connectivity index (χ3v) is 6.13. The van der Waals surface area contributed by atoms with Crippen LogP contribution in [0.4, 0.5) is 5.82 Å². The summed E-state index contributed by atoms with van der Waals surface area (Å²) in [5, 5.41) is 10.9. The number of para-hydroxylation sites is 1. The Labute approximate surface area is 176 Å². The number of aliphatic hydroxyl groups excluding tert-OH is 1. The molecule has 156 valence electrons. The van der Waals surface area contributed by atoms with Crippen molar-refractivity contribution in [2.75, 3.05) is 31.3 Å². The summed E-state index contributed by atoms with van der Waals surface area (Å²) in [6.07, 6.45) is 7.55. The molecular formula is C23H27N5O2. The van der Waals surface area contributed by atoms with E-state index in [0.29, 0.717) is 5.88 Å². The highest BCUT2D eigenvalue weighted by atomic mass is 16.5. The number of aliphatic hydroxyl groups is 1. The van der Waals surface area contributed by atoms with Crippen molar-refractivity contribution in [2.24, 2.45) is 0 Å². The molecule has 0 amide bonds. The molecule has 1 aromatic carbocycles. The van der Waals surface area contributed by atoms with Gasteiger partial charge in [-0.15, -0.1) is 0 Å². The van der Waals surface area contributed by atoms with Crippen LogP contribution >= 0.6 is 0 Å². The summed E-state index contributed by atoms with van der Waals surface area (Å²) in [5.41, 5.74) is 1.85. The maximum absolute atomic E-state index is 9.76. The molecule has 0 saturated carbocycles. The first-order chi connectivity index (χ1) is 14.8. The zero-order valence-corrected chi connectivity index (χ0v) is 17.0. The lowest BCUT2D eigenvalue weighted by molar-refractivity contribution is 0.0395. The van der Waals surface area contributed by atoms with E-state index in [9.17, 15) is 5.11 Å². The van der Waals surface area contributed by atoms with Gasteiger partial charge < -0.3 is 14.7 Å². The van der Waals surface area contributed by atoms with Crippen LogP contribution in [0, 0.1) is 0 Å². The molecule has 7 heteroatoms. The largest absolute Gasteiger partial charge is 0.471 e. The molecule has 2 aromatic heterocycles. The SMILES string of the molecule is OCN1CCCCC1c1nccnc1O[C@@H]1CCN(c2ccc3ccccc3n2)C1. The number of benzene rings is 1. The number of fused-ring (bicyclic) bond motifs is 1. The maximum atomic E-state index is 9.76. The summed E-state index contributed by atoms with van der Waals surface area (Å²) in [4.78, 5) is 18.2. The van der Waals surface area contributed by atoms with E-state index in [2.05, 4.69) is 38.0 Å². The molecule has 2 aliphatic rings. The maximum Gasteiger partial charge on any atom is 0.237 e. The molecule has 0 spiro atoms. The van der Waals surface area contributed by atoms with Crippen LogP contribution < -0.4 is 9.64 Å². The molecule has 3 aromatic rings. The Balaban J connectivity index is 1.31. The van der Waals surface area contributed by atoms with Gasteiger partial charge in [-0.05, 0) is 31.0 Å². The van der Waals surface area contributed by atoms with Crippen LogP contribution in [0.25, 0.3) is 10.9 Å². The van der Waals surface area contributed by atoms with Gasteiger partial charge in [-0.25, -0.2) is 9.97 Å². The zero-order valence-electron chi connectivity index (χ0n) is 17.0. The van der Waals surface area contributed by atoms with E-state index >= 15 is 0 Å². The van der Waals surface area contributed by atoms with Crippen molar-refractivity contribution >= 4 is 16.7 Å². The predicted octanol–water partition coefficient (Wildman–Crippen LogP) is 3.16. The van der Waals surface area contributed by atoms with E-state index in [0.717, 1.165) is 67.7 Å². The number of rotatable bonds is 5. The number of piperidine rings is 1.